The van der Waals surface area contributed by atoms with E-state index in [9.17, 15) is 13.6 Å². The van der Waals surface area contributed by atoms with Crippen molar-refractivity contribution in [2.75, 3.05) is 31.2 Å². The summed E-state index contributed by atoms with van der Waals surface area (Å²) in [6.45, 7) is -0.170. The standard InChI is InChI=1S/C12H15Cl2F2N3O/c1-19(6-10(15)16)3-2-11(20)18-12-8(13)4-7(17)5-9(12)14/h4-5,10H,2-3,6,17H2,1H3,(H,18,20). The molecule has 0 aliphatic heterocycles. The molecule has 0 radical (unpaired) electrons. The van der Waals surface area contributed by atoms with Gasteiger partial charge in [-0.15, -0.1) is 0 Å². The van der Waals surface area contributed by atoms with Gasteiger partial charge >= 0.3 is 0 Å². The van der Waals surface area contributed by atoms with Crippen LogP contribution in [0.25, 0.3) is 0 Å². The second kappa shape index (κ2) is 7.61. The average molecular weight is 326 g/mol. The number of anilines is 2. The Hall–Kier alpha value is -1.11. The number of hydrogen-bond acceptors (Lipinski definition) is 3. The third-order valence-corrected chi connectivity index (χ3v) is 3.10. The molecular formula is C12H15Cl2F2N3O. The van der Waals surface area contributed by atoms with Crippen molar-refractivity contribution in [2.24, 2.45) is 0 Å². The lowest BCUT2D eigenvalue weighted by molar-refractivity contribution is -0.116. The molecule has 1 rings (SSSR count). The summed E-state index contributed by atoms with van der Waals surface area (Å²) in [4.78, 5) is 13.1. The Morgan fingerprint density at radius 2 is 1.95 bits per heavy atom. The number of carbonyl (C=O) groups excluding carboxylic acids is 1. The van der Waals surface area contributed by atoms with Gasteiger partial charge in [0.05, 0.1) is 22.3 Å². The van der Waals surface area contributed by atoms with Gasteiger partial charge in [-0.2, -0.15) is 0 Å². The molecule has 1 aromatic carbocycles. The molecule has 0 heterocycles. The summed E-state index contributed by atoms with van der Waals surface area (Å²) in [5, 5.41) is 2.99. The number of nitrogens with zero attached hydrogens (tertiary/aromatic N) is 1. The molecule has 3 N–H and O–H groups in total. The van der Waals surface area contributed by atoms with Gasteiger partial charge in [0.15, 0.2) is 0 Å². The van der Waals surface area contributed by atoms with Crippen LogP contribution >= 0.6 is 23.2 Å². The normalized spacial score (nSPS) is 11.2. The highest BCUT2D eigenvalue weighted by Crippen LogP contribution is 2.32. The molecule has 0 fully saturated rings. The predicted octanol–water partition coefficient (Wildman–Crippen LogP) is 3.10. The maximum absolute atomic E-state index is 12.1. The Morgan fingerprint density at radius 3 is 2.45 bits per heavy atom. The molecule has 0 spiro atoms. The average Bonchev–Trinajstić information content (AvgIpc) is 2.30. The Bertz CT molecular complexity index is 463. The fourth-order valence-corrected chi connectivity index (χ4v) is 2.13. The molecule has 0 atom stereocenters. The van der Waals surface area contributed by atoms with Crippen LogP contribution in [0.2, 0.25) is 10.0 Å². The first kappa shape index (κ1) is 16.9. The van der Waals surface area contributed by atoms with Crippen LogP contribution in [0.5, 0.6) is 0 Å². The molecule has 0 saturated heterocycles. The van der Waals surface area contributed by atoms with Gasteiger partial charge in [0.1, 0.15) is 0 Å². The van der Waals surface area contributed by atoms with E-state index in [0.717, 1.165) is 0 Å². The van der Waals surface area contributed by atoms with Gasteiger partial charge < -0.3 is 16.0 Å². The largest absolute Gasteiger partial charge is 0.399 e. The molecule has 1 amide bonds. The van der Waals surface area contributed by atoms with E-state index in [4.69, 9.17) is 28.9 Å². The zero-order chi connectivity index (χ0) is 15.3. The first-order chi connectivity index (χ1) is 9.29. The lowest BCUT2D eigenvalue weighted by Crippen LogP contribution is -2.28. The molecule has 0 aromatic heterocycles. The number of nitrogens with two attached hydrogens (primary N) is 1. The Balaban J connectivity index is 2.55. The third-order valence-electron chi connectivity index (χ3n) is 2.50. The van der Waals surface area contributed by atoms with Crippen molar-refractivity contribution in [1.82, 2.24) is 4.90 Å². The highest BCUT2D eigenvalue weighted by molar-refractivity contribution is 6.40. The molecule has 0 bridgehead atoms. The van der Waals surface area contributed by atoms with E-state index < -0.39 is 6.43 Å². The van der Waals surface area contributed by atoms with Crippen molar-refractivity contribution in [3.05, 3.63) is 22.2 Å². The molecular weight excluding hydrogens is 311 g/mol. The number of nitrogen functional groups attached to an aromatic ring is 1. The molecule has 20 heavy (non-hydrogen) atoms. The van der Waals surface area contributed by atoms with E-state index in [2.05, 4.69) is 5.32 Å². The molecule has 4 nitrogen and oxygen atoms in total. The molecule has 0 aliphatic carbocycles. The summed E-state index contributed by atoms with van der Waals surface area (Å²) in [5.74, 6) is -0.361. The summed E-state index contributed by atoms with van der Waals surface area (Å²) >= 11 is 11.8. The van der Waals surface area contributed by atoms with Crippen molar-refractivity contribution in [2.45, 2.75) is 12.8 Å². The molecule has 1 aromatic rings. The van der Waals surface area contributed by atoms with Crippen LogP contribution < -0.4 is 11.1 Å². The van der Waals surface area contributed by atoms with Crippen molar-refractivity contribution >= 4 is 40.5 Å². The van der Waals surface area contributed by atoms with E-state index in [0.29, 0.717) is 5.69 Å². The molecule has 0 unspecified atom stereocenters. The summed E-state index contributed by atoms with van der Waals surface area (Å²) in [5.41, 5.74) is 6.20. The van der Waals surface area contributed by atoms with E-state index in [-0.39, 0.29) is 41.2 Å². The van der Waals surface area contributed by atoms with E-state index >= 15 is 0 Å². The number of rotatable bonds is 6. The number of carbonyl (C=O) groups is 1. The summed E-state index contributed by atoms with van der Waals surface area (Å²) in [6.07, 6.45) is -2.37. The minimum Gasteiger partial charge on any atom is -0.399 e. The number of benzene rings is 1. The van der Waals surface area contributed by atoms with Gasteiger partial charge in [0.25, 0.3) is 6.43 Å². The molecule has 8 heteroatoms. The van der Waals surface area contributed by atoms with Gasteiger partial charge in [0, 0.05) is 18.7 Å². The zero-order valence-corrected chi connectivity index (χ0v) is 12.3. The number of nitrogens with one attached hydrogen (secondary N) is 1. The summed E-state index contributed by atoms with van der Waals surface area (Å²) in [7, 11) is 1.52. The van der Waals surface area contributed by atoms with Crippen LogP contribution in [0.1, 0.15) is 6.42 Å². The molecule has 0 aliphatic rings. The van der Waals surface area contributed by atoms with Crippen molar-refractivity contribution in [3.8, 4) is 0 Å². The van der Waals surface area contributed by atoms with Crippen LogP contribution in [0.4, 0.5) is 20.2 Å². The topological polar surface area (TPSA) is 58.4 Å². The van der Waals surface area contributed by atoms with Crippen LogP contribution in [-0.2, 0) is 4.79 Å². The summed E-state index contributed by atoms with van der Waals surface area (Å²) < 4.78 is 24.2. The first-order valence-corrected chi connectivity index (χ1v) is 6.56. The number of halogens is 4. The van der Waals surface area contributed by atoms with Gasteiger partial charge in [-0.25, -0.2) is 8.78 Å². The molecule has 0 saturated carbocycles. The Kier molecular flexibility index (Phi) is 6.45. The Morgan fingerprint density at radius 1 is 1.40 bits per heavy atom. The van der Waals surface area contributed by atoms with E-state index in [1.54, 1.807) is 0 Å². The highest BCUT2D eigenvalue weighted by atomic mass is 35.5. The smallest absolute Gasteiger partial charge is 0.251 e. The van der Waals surface area contributed by atoms with Crippen molar-refractivity contribution in [3.63, 3.8) is 0 Å². The predicted molar refractivity (Wildman–Crippen MR) is 77.6 cm³/mol. The highest BCUT2D eigenvalue weighted by Gasteiger charge is 2.13. The quantitative estimate of drug-likeness (QED) is 0.790. The third kappa shape index (κ3) is 5.48. The van der Waals surface area contributed by atoms with Gasteiger partial charge in [-0.1, -0.05) is 23.2 Å². The number of hydrogen-bond donors (Lipinski definition) is 2. The number of alkyl halides is 2. The molecule has 112 valence electrons. The van der Waals surface area contributed by atoms with Crippen LogP contribution in [0.3, 0.4) is 0 Å². The Labute approximate surface area is 125 Å². The van der Waals surface area contributed by atoms with Crippen LogP contribution in [0.15, 0.2) is 12.1 Å². The van der Waals surface area contributed by atoms with Gasteiger partial charge in [0.2, 0.25) is 5.91 Å². The monoisotopic (exact) mass is 325 g/mol. The minimum absolute atomic E-state index is 0.0558. The fourth-order valence-electron chi connectivity index (χ4n) is 1.53. The van der Waals surface area contributed by atoms with Crippen molar-refractivity contribution in [1.29, 1.82) is 0 Å². The zero-order valence-electron chi connectivity index (χ0n) is 10.8. The lowest BCUT2D eigenvalue weighted by atomic mass is 10.2. The second-order valence-electron chi connectivity index (χ2n) is 4.31. The second-order valence-corrected chi connectivity index (χ2v) is 5.13. The van der Waals surface area contributed by atoms with E-state index in [1.165, 1.54) is 24.1 Å². The SMILES string of the molecule is CN(CCC(=O)Nc1c(Cl)cc(N)cc1Cl)CC(F)F. The summed E-state index contributed by atoms with van der Waals surface area (Å²) in [6, 6.07) is 2.93. The minimum atomic E-state index is -2.43. The fraction of sp³-hybridized carbons (Fsp3) is 0.417. The van der Waals surface area contributed by atoms with E-state index in [1.807, 2.05) is 0 Å². The maximum Gasteiger partial charge on any atom is 0.251 e. The first-order valence-electron chi connectivity index (χ1n) is 5.80. The number of amides is 1. The van der Waals surface area contributed by atoms with Gasteiger partial charge in [-0.05, 0) is 19.2 Å². The maximum atomic E-state index is 12.1. The van der Waals surface area contributed by atoms with Crippen LogP contribution in [-0.4, -0.2) is 37.4 Å². The van der Waals surface area contributed by atoms with Crippen LogP contribution in [0, 0.1) is 0 Å². The van der Waals surface area contributed by atoms with Gasteiger partial charge in [-0.3, -0.25) is 4.79 Å². The lowest BCUT2D eigenvalue weighted by Gasteiger charge is -2.16. The van der Waals surface area contributed by atoms with Crippen molar-refractivity contribution < 1.29 is 13.6 Å².